The Balaban J connectivity index is 2.34. The second kappa shape index (κ2) is 7.99. The van der Waals surface area contributed by atoms with E-state index in [1.54, 1.807) is 30.3 Å². The summed E-state index contributed by atoms with van der Waals surface area (Å²) in [5, 5.41) is 4.36. The van der Waals surface area contributed by atoms with Crippen molar-refractivity contribution in [2.75, 3.05) is 14.2 Å². The number of esters is 2. The van der Waals surface area contributed by atoms with Gasteiger partial charge >= 0.3 is 11.9 Å². The highest BCUT2D eigenvalue weighted by Gasteiger charge is 2.31. The molecule has 3 rings (SSSR count). The number of nitrogens with zero attached hydrogens (tertiary/aromatic N) is 2. The Morgan fingerprint density at radius 2 is 1.64 bits per heavy atom. The number of alkyl halides is 2. The molecule has 0 saturated heterocycles. The zero-order chi connectivity index (χ0) is 20.3. The van der Waals surface area contributed by atoms with Crippen molar-refractivity contribution in [3.63, 3.8) is 0 Å². The van der Waals surface area contributed by atoms with Gasteiger partial charge in [0.25, 0.3) is 6.43 Å². The smallest absolute Gasteiger partial charge is 0.357 e. The Morgan fingerprint density at radius 3 is 2.25 bits per heavy atom. The van der Waals surface area contributed by atoms with Crippen molar-refractivity contribution in [2.24, 2.45) is 0 Å². The SMILES string of the molecule is COC(=O)c1c(-c2cccc(C(F)F)c2)nn(-c2ccccc2)c1C(=O)OC. The van der Waals surface area contributed by atoms with Crippen LogP contribution in [0, 0.1) is 0 Å². The summed E-state index contributed by atoms with van der Waals surface area (Å²) < 4.78 is 37.1. The molecular formula is C20H16F2N2O4. The summed E-state index contributed by atoms with van der Waals surface area (Å²) in [4.78, 5) is 24.9. The normalized spacial score (nSPS) is 10.8. The molecule has 2 aromatic carbocycles. The van der Waals surface area contributed by atoms with E-state index in [-0.39, 0.29) is 28.1 Å². The van der Waals surface area contributed by atoms with Crippen LogP contribution < -0.4 is 0 Å². The molecule has 0 radical (unpaired) electrons. The molecule has 0 unspecified atom stereocenters. The van der Waals surface area contributed by atoms with E-state index in [0.29, 0.717) is 5.69 Å². The van der Waals surface area contributed by atoms with Crippen LogP contribution in [0.4, 0.5) is 8.78 Å². The molecule has 144 valence electrons. The van der Waals surface area contributed by atoms with Crippen LogP contribution in [-0.2, 0) is 9.47 Å². The number of halogens is 2. The highest BCUT2D eigenvalue weighted by atomic mass is 19.3. The zero-order valence-electron chi connectivity index (χ0n) is 15.1. The quantitative estimate of drug-likeness (QED) is 0.619. The lowest BCUT2D eigenvalue weighted by molar-refractivity contribution is 0.0549. The monoisotopic (exact) mass is 386 g/mol. The molecule has 0 aliphatic rings. The van der Waals surface area contributed by atoms with Crippen molar-refractivity contribution in [3.05, 3.63) is 71.4 Å². The van der Waals surface area contributed by atoms with E-state index >= 15 is 0 Å². The van der Waals surface area contributed by atoms with Crippen molar-refractivity contribution >= 4 is 11.9 Å². The van der Waals surface area contributed by atoms with Crippen molar-refractivity contribution in [1.29, 1.82) is 0 Å². The van der Waals surface area contributed by atoms with Gasteiger partial charge in [0.2, 0.25) is 0 Å². The number of benzene rings is 2. The third-order valence-electron chi connectivity index (χ3n) is 4.07. The average molecular weight is 386 g/mol. The van der Waals surface area contributed by atoms with Crippen LogP contribution in [-0.4, -0.2) is 35.9 Å². The summed E-state index contributed by atoms with van der Waals surface area (Å²) >= 11 is 0. The Hall–Kier alpha value is -3.55. The van der Waals surface area contributed by atoms with E-state index in [1.807, 2.05) is 0 Å². The lowest BCUT2D eigenvalue weighted by Gasteiger charge is -2.07. The van der Waals surface area contributed by atoms with Gasteiger partial charge in [-0.1, -0.05) is 36.4 Å². The number of methoxy groups -OCH3 is 2. The van der Waals surface area contributed by atoms with Crippen LogP contribution >= 0.6 is 0 Å². The largest absolute Gasteiger partial charge is 0.465 e. The maximum atomic E-state index is 13.1. The van der Waals surface area contributed by atoms with Crippen LogP contribution in [0.1, 0.15) is 32.8 Å². The van der Waals surface area contributed by atoms with Gasteiger partial charge in [0.05, 0.1) is 19.9 Å². The molecule has 0 aliphatic heterocycles. The number of hydrogen-bond donors (Lipinski definition) is 0. The lowest BCUT2D eigenvalue weighted by atomic mass is 10.0. The molecule has 0 fully saturated rings. The first-order valence-electron chi connectivity index (χ1n) is 8.21. The summed E-state index contributed by atoms with van der Waals surface area (Å²) in [6, 6.07) is 14.0. The first kappa shape index (κ1) is 19.2. The molecule has 28 heavy (non-hydrogen) atoms. The third-order valence-corrected chi connectivity index (χ3v) is 4.07. The molecule has 0 atom stereocenters. The maximum Gasteiger partial charge on any atom is 0.357 e. The summed E-state index contributed by atoms with van der Waals surface area (Å²) in [6.45, 7) is 0. The number of hydrogen-bond acceptors (Lipinski definition) is 5. The number of rotatable bonds is 5. The van der Waals surface area contributed by atoms with Gasteiger partial charge in [-0.3, -0.25) is 0 Å². The van der Waals surface area contributed by atoms with E-state index < -0.39 is 18.4 Å². The molecule has 0 spiro atoms. The predicted molar refractivity (Wildman–Crippen MR) is 96.6 cm³/mol. The predicted octanol–water partition coefficient (Wildman–Crippen LogP) is 4.05. The second-order valence-electron chi connectivity index (χ2n) is 5.73. The third kappa shape index (κ3) is 3.48. The molecule has 1 heterocycles. The average Bonchev–Trinajstić information content (AvgIpc) is 3.14. The summed E-state index contributed by atoms with van der Waals surface area (Å²) in [7, 11) is 2.32. The number of ether oxygens (including phenoxy) is 2. The van der Waals surface area contributed by atoms with Crippen molar-refractivity contribution in [3.8, 4) is 16.9 Å². The topological polar surface area (TPSA) is 70.4 Å². The highest BCUT2D eigenvalue weighted by Crippen LogP contribution is 2.31. The van der Waals surface area contributed by atoms with E-state index in [0.717, 1.165) is 7.11 Å². The fraction of sp³-hybridized carbons (Fsp3) is 0.150. The molecule has 0 saturated carbocycles. The summed E-state index contributed by atoms with van der Waals surface area (Å²) in [5.41, 5.74) is 0.228. The minimum atomic E-state index is -2.70. The second-order valence-corrected chi connectivity index (χ2v) is 5.73. The molecule has 3 aromatic rings. The van der Waals surface area contributed by atoms with E-state index in [4.69, 9.17) is 9.47 Å². The van der Waals surface area contributed by atoms with Crippen LogP contribution in [0.25, 0.3) is 16.9 Å². The highest BCUT2D eigenvalue weighted by molar-refractivity contribution is 6.06. The minimum absolute atomic E-state index is 0.0404. The Bertz CT molecular complexity index is 1020. The fourth-order valence-corrected chi connectivity index (χ4v) is 2.78. The minimum Gasteiger partial charge on any atom is -0.465 e. The lowest BCUT2D eigenvalue weighted by Crippen LogP contribution is -2.15. The van der Waals surface area contributed by atoms with E-state index in [9.17, 15) is 18.4 Å². The van der Waals surface area contributed by atoms with Crippen LogP contribution in [0.5, 0.6) is 0 Å². The fourth-order valence-electron chi connectivity index (χ4n) is 2.78. The Labute approximate surface area is 159 Å². The van der Waals surface area contributed by atoms with Gasteiger partial charge in [0.1, 0.15) is 11.3 Å². The van der Waals surface area contributed by atoms with Crippen LogP contribution in [0.15, 0.2) is 54.6 Å². The first-order chi connectivity index (χ1) is 13.5. The molecule has 0 N–H and O–H groups in total. The van der Waals surface area contributed by atoms with E-state index in [2.05, 4.69) is 5.10 Å². The van der Waals surface area contributed by atoms with Crippen molar-refractivity contribution in [2.45, 2.75) is 6.43 Å². The summed E-state index contributed by atoms with van der Waals surface area (Å²) in [5.74, 6) is -1.65. The van der Waals surface area contributed by atoms with Gasteiger partial charge in [-0.05, 0) is 18.2 Å². The van der Waals surface area contributed by atoms with Gasteiger partial charge in [-0.15, -0.1) is 0 Å². The Morgan fingerprint density at radius 1 is 0.964 bits per heavy atom. The molecule has 6 nitrogen and oxygen atoms in total. The first-order valence-corrected chi connectivity index (χ1v) is 8.21. The number of carbonyl (C=O) groups is 2. The van der Waals surface area contributed by atoms with Gasteiger partial charge in [-0.25, -0.2) is 23.1 Å². The molecule has 0 bridgehead atoms. The number of para-hydroxylation sites is 1. The van der Waals surface area contributed by atoms with Gasteiger partial charge < -0.3 is 9.47 Å². The standard InChI is InChI=1S/C20H16F2N2O4/c1-27-19(25)15-16(12-7-6-8-13(11-12)18(21)22)23-24(17(15)20(26)28-2)14-9-4-3-5-10-14/h3-11,18H,1-2H3. The molecule has 0 amide bonds. The van der Waals surface area contributed by atoms with Crippen LogP contribution in [0.2, 0.25) is 0 Å². The van der Waals surface area contributed by atoms with Gasteiger partial charge in [-0.2, -0.15) is 5.10 Å². The van der Waals surface area contributed by atoms with Crippen molar-refractivity contribution in [1.82, 2.24) is 9.78 Å². The van der Waals surface area contributed by atoms with Crippen LogP contribution in [0.3, 0.4) is 0 Å². The molecule has 8 heteroatoms. The van der Waals surface area contributed by atoms with E-state index in [1.165, 1.54) is 36.1 Å². The molecule has 0 aliphatic carbocycles. The summed E-state index contributed by atoms with van der Waals surface area (Å²) in [6.07, 6.45) is -2.70. The molecule has 1 aromatic heterocycles. The number of carbonyl (C=O) groups excluding carboxylic acids is 2. The molecular weight excluding hydrogens is 370 g/mol. The number of aromatic nitrogens is 2. The zero-order valence-corrected chi connectivity index (χ0v) is 15.1. The van der Waals surface area contributed by atoms with Crippen molar-refractivity contribution < 1.29 is 27.8 Å². The van der Waals surface area contributed by atoms with Gasteiger partial charge in [0.15, 0.2) is 5.69 Å². The Kier molecular flexibility index (Phi) is 5.49. The van der Waals surface area contributed by atoms with Gasteiger partial charge in [0, 0.05) is 11.1 Å². The maximum absolute atomic E-state index is 13.1.